The van der Waals surface area contributed by atoms with E-state index in [1.807, 2.05) is 38.3 Å². The third kappa shape index (κ3) is 27.3. The van der Waals surface area contributed by atoms with Gasteiger partial charge in [0.2, 0.25) is 70.9 Å². The Kier molecular flexibility index (Phi) is 35.8. The number of H-pyrrole nitrogens is 2. The Bertz CT molecular complexity index is 4220. The Balaban J connectivity index is 0.765. The van der Waals surface area contributed by atoms with E-state index < -0.39 is 149 Å². The number of primary amides is 2. The number of hydrogen-bond donors (Lipinski definition) is 18. The molecule has 6 aliphatic rings. The highest BCUT2D eigenvalue weighted by Crippen LogP contribution is 2.72. The van der Waals surface area contributed by atoms with Crippen molar-refractivity contribution in [2.24, 2.45) is 64.2 Å². The Morgan fingerprint density at radius 2 is 1.17 bits per heavy atom. The van der Waals surface area contributed by atoms with Gasteiger partial charge in [0.1, 0.15) is 47.9 Å². The molecule has 0 radical (unpaired) electrons. The summed E-state index contributed by atoms with van der Waals surface area (Å²) < 4.78 is 6.88. The summed E-state index contributed by atoms with van der Waals surface area (Å²) in [6.45, 7) is 12.5. The molecule has 0 bridgehead atoms. The van der Waals surface area contributed by atoms with E-state index in [0.29, 0.717) is 42.7 Å². The van der Waals surface area contributed by atoms with Gasteiger partial charge in [0.05, 0.1) is 57.8 Å². The second-order valence-corrected chi connectivity index (χ2v) is 36.5. The van der Waals surface area contributed by atoms with E-state index in [2.05, 4.69) is 82.0 Å². The van der Waals surface area contributed by atoms with Gasteiger partial charge in [0.15, 0.2) is 0 Å². The number of thioether (sulfide) groups is 1. The van der Waals surface area contributed by atoms with Crippen molar-refractivity contribution in [3.05, 3.63) is 54.2 Å². The lowest BCUT2D eigenvalue weighted by molar-refractivity contribution is -0.142. The maximum absolute atomic E-state index is 14.7. The summed E-state index contributed by atoms with van der Waals surface area (Å²) >= 11 is 1.46. The molecule has 2 aromatic heterocycles. The van der Waals surface area contributed by atoms with Crippen LogP contribution in [0.5, 0.6) is 0 Å². The second-order valence-electron chi connectivity index (χ2n) is 35.6. The van der Waals surface area contributed by atoms with Crippen LogP contribution in [0.15, 0.2) is 43.0 Å². The molecule has 12 amide bonds. The van der Waals surface area contributed by atoms with Gasteiger partial charge in [0, 0.05) is 113 Å². The van der Waals surface area contributed by atoms with E-state index in [4.69, 9.17) is 16.2 Å². The molecule has 3 unspecified atom stereocenters. The molecule has 3 aromatic rings. The van der Waals surface area contributed by atoms with Crippen LogP contribution in [0.3, 0.4) is 0 Å². The maximum atomic E-state index is 14.7. The molecule has 20 N–H and O–H groups in total. The van der Waals surface area contributed by atoms with Crippen molar-refractivity contribution in [2.45, 2.75) is 211 Å². The highest BCUT2D eigenvalue weighted by molar-refractivity contribution is 7.98. The molecule has 2 saturated heterocycles. The van der Waals surface area contributed by atoms with E-state index in [1.165, 1.54) is 31.2 Å². The number of fused-ring (bicyclic) bond motifs is 5. The van der Waals surface area contributed by atoms with Crippen LogP contribution in [0.1, 0.15) is 143 Å². The van der Waals surface area contributed by atoms with Crippen LogP contribution >= 0.6 is 11.8 Å². The number of epoxide rings is 1. The summed E-state index contributed by atoms with van der Waals surface area (Å²) in [6.07, 6.45) is 10.7. The number of carbonyl (C=O) groups excluding carboxylic acids is 12. The molecule has 2 aliphatic heterocycles. The average Bonchev–Trinajstić information content (AvgIpc) is 1.50. The monoisotopic (exact) mass is 1760 g/mol. The molecule has 39 nitrogen and oxygen atoms in total. The summed E-state index contributed by atoms with van der Waals surface area (Å²) in [5.41, 5.74) is 12.4. The number of ether oxygens (including phenoxy) is 1. The lowest BCUT2D eigenvalue weighted by atomic mass is 9.46. The zero-order valence-electron chi connectivity index (χ0n) is 72.3. The van der Waals surface area contributed by atoms with Crippen molar-refractivity contribution in [3.63, 3.8) is 0 Å². The minimum absolute atomic E-state index is 0.0165. The Labute approximate surface area is 725 Å². The fraction of sp³-hybridized carbons (Fsp3) is 0.690. The van der Waals surface area contributed by atoms with Gasteiger partial charge in [0.25, 0.3) is 0 Å². The van der Waals surface area contributed by atoms with Crippen molar-refractivity contribution < 1.29 is 97.1 Å². The van der Waals surface area contributed by atoms with Crippen LogP contribution in [0.2, 0.25) is 0 Å². The minimum atomic E-state index is -1.40. The van der Waals surface area contributed by atoms with Crippen LogP contribution in [-0.4, -0.2) is 314 Å². The topological polar surface area (TPSA) is 579 Å². The number of aromatic amines is 2. The first-order valence-corrected chi connectivity index (χ1v) is 44.7. The quantitative estimate of drug-likeness (QED) is 0.0280. The first kappa shape index (κ1) is 97.9. The third-order valence-corrected chi connectivity index (χ3v) is 26.6. The summed E-state index contributed by atoms with van der Waals surface area (Å²) in [5, 5.41) is 69.1. The van der Waals surface area contributed by atoms with E-state index in [1.54, 1.807) is 45.7 Å². The molecule has 9 rings (SSSR count). The fourth-order valence-electron chi connectivity index (χ4n) is 19.4. The van der Waals surface area contributed by atoms with Crippen molar-refractivity contribution >= 4 is 111 Å². The molecular weight excluding hydrogens is 1630 g/mol. The number of aromatic nitrogens is 3. The number of aliphatic carboxylic acids is 3. The average molecular weight is 1760 g/mol. The van der Waals surface area contributed by atoms with Gasteiger partial charge < -0.3 is 99.8 Å². The number of carboxylic acid groups (broad SMARTS) is 3. The van der Waals surface area contributed by atoms with E-state index >= 15 is 0 Å². The van der Waals surface area contributed by atoms with Gasteiger partial charge in [-0.05, 0) is 154 Å². The molecule has 6 fully saturated rings. The standard InChI is InChI=1S/C84H129N19O20S/c1-46(2)31-61(80(120)96-59(76(86)116)20-30-124-8)97-81(121)63(35-53-38-87-45-91-53)95-69(108)40-90-82(122)75(47(3)4)99-77(117)49(6)92-79(119)62(32-50-37-88-58-12-10-9-11-54(50)58)98-78(118)60(16-17-66(85)105)94-67(106)18-13-48(5)55-14-15-56-74-57(36-65-84(55,56)123-65)83(7)21-19-52(33-51(83)34-64(74)104)93-68(107)39-89-70(109)41-100-22-24-101(42-71(110)111)26-28-103(44-73(114)115)29-27-102(25-23-100)43-72(112)113/h9-12,37-38,45-49,51-52,55-57,59-65,74-75,88,104H,13-36,39-44H2,1-8H3,(H2,85,105)(H2,86,116)(H,87,91)(H,89,109)(H,90,122)(H,92,119)(H,93,107)(H,94,106)(H,95,108)(H,96,120)(H,97,121)(H,98,118)(H,99,117)(H,110,111)(H,112,113)(H,114,115)/t48-,49+,51+,52+,55-,56?,57?,59+,60+,61+,62+,63+,64-,65+,74?,75+,83+,84+/m1/s1. The number of rotatable bonds is 44. The molecule has 1 spiro atoms. The molecule has 4 heterocycles. The number of nitrogens with two attached hydrogens (primary N) is 2. The van der Waals surface area contributed by atoms with Crippen LogP contribution in [-0.2, 0) is 89.5 Å². The summed E-state index contributed by atoms with van der Waals surface area (Å²) in [7, 11) is 0. The number of carbonyl (C=O) groups is 15. The molecule has 4 saturated carbocycles. The van der Waals surface area contributed by atoms with Gasteiger partial charge in [-0.2, -0.15) is 11.8 Å². The van der Waals surface area contributed by atoms with E-state index in [-0.39, 0.29) is 195 Å². The number of imidazole rings is 1. The molecule has 18 atom stereocenters. The molecule has 686 valence electrons. The van der Waals surface area contributed by atoms with Gasteiger partial charge in [-0.3, -0.25) is 91.5 Å². The Morgan fingerprint density at radius 1 is 0.589 bits per heavy atom. The molecule has 4 aliphatic carbocycles. The zero-order valence-corrected chi connectivity index (χ0v) is 73.1. The number of hydrogen-bond acceptors (Lipinski definition) is 23. The second kappa shape index (κ2) is 45.3. The van der Waals surface area contributed by atoms with Crippen molar-refractivity contribution in [1.82, 2.24) is 87.7 Å². The summed E-state index contributed by atoms with van der Waals surface area (Å²) in [6, 6.07) is -1.77. The number of nitrogens with one attached hydrogen (secondary N) is 12. The molecule has 40 heteroatoms. The Morgan fingerprint density at radius 3 is 1.77 bits per heavy atom. The molecular formula is C84H129N19O20S. The number of benzene rings is 1. The summed E-state index contributed by atoms with van der Waals surface area (Å²) in [4.78, 5) is 217. The van der Waals surface area contributed by atoms with Crippen molar-refractivity contribution in [1.29, 1.82) is 0 Å². The number of nitrogens with zero attached hydrogens (tertiary/aromatic N) is 5. The third-order valence-electron chi connectivity index (χ3n) is 25.9. The van der Waals surface area contributed by atoms with E-state index in [9.17, 15) is 92.3 Å². The molecule has 1 aromatic carbocycles. The highest BCUT2D eigenvalue weighted by Gasteiger charge is 2.76. The first-order valence-electron chi connectivity index (χ1n) is 43.3. The van der Waals surface area contributed by atoms with Crippen molar-refractivity contribution in [2.75, 3.05) is 104 Å². The smallest absolute Gasteiger partial charge is 0.317 e. The van der Waals surface area contributed by atoms with Gasteiger partial charge in [-0.25, -0.2) is 4.98 Å². The SMILES string of the molecule is CSCC[C@H](NC(=O)[C@H](CC(C)C)NC(=O)[C@H](Cc1cnc[nH]1)NC(=O)CNC(=O)[C@@H](NC(=O)[C@H](C)NC(=O)[C@H](Cc1c[nH]c2ccccc12)NC(=O)[C@H](CCC(N)=O)NC(=O)CC[C@@H](C)[C@H]1CCC2C3C(C[C@@H]4O[C@@]241)[C@@]1(C)CC[C@H](NC(=O)CNC(=O)CN2CCN(CC(=O)O)CCN(CC(=O)O)CCN(CC(=O)O)CC2)C[C@H]1C[C@H]3O)C(C)C)C(N)=O. The van der Waals surface area contributed by atoms with Crippen molar-refractivity contribution in [3.8, 4) is 0 Å². The zero-order chi connectivity index (χ0) is 90.4. The number of carboxylic acids is 3. The van der Waals surface area contributed by atoms with Crippen LogP contribution < -0.4 is 64.6 Å². The predicted octanol–water partition coefficient (Wildman–Crippen LogP) is -1.72. The predicted molar refractivity (Wildman–Crippen MR) is 455 cm³/mol. The maximum Gasteiger partial charge on any atom is 0.317 e. The fourth-order valence-corrected chi connectivity index (χ4v) is 19.8. The van der Waals surface area contributed by atoms with Gasteiger partial charge in [-0.15, -0.1) is 0 Å². The largest absolute Gasteiger partial charge is 0.480 e. The minimum Gasteiger partial charge on any atom is -0.480 e. The van der Waals surface area contributed by atoms with Crippen LogP contribution in [0.4, 0.5) is 0 Å². The lowest BCUT2D eigenvalue weighted by Crippen LogP contribution is -2.60. The van der Waals surface area contributed by atoms with Gasteiger partial charge >= 0.3 is 17.9 Å². The lowest BCUT2D eigenvalue weighted by Gasteiger charge is -2.59. The number of aliphatic hydroxyl groups excluding tert-OH is 1. The normalized spacial score (nSPS) is 25.0. The summed E-state index contributed by atoms with van der Waals surface area (Å²) in [5.74, 6) is -11.4. The number of amides is 12. The number of para-hydroxylation sites is 1. The first-order chi connectivity index (χ1) is 58.8. The highest BCUT2D eigenvalue weighted by atomic mass is 32.2. The number of aliphatic hydroxyl groups is 1. The molecule has 124 heavy (non-hydrogen) atoms. The van der Waals surface area contributed by atoms with Gasteiger partial charge in [-0.1, -0.05) is 59.7 Å². The Hall–Kier alpha value is -9.87. The van der Waals surface area contributed by atoms with Crippen LogP contribution in [0.25, 0.3) is 10.9 Å². The van der Waals surface area contributed by atoms with Crippen LogP contribution in [0, 0.1) is 52.8 Å². The van der Waals surface area contributed by atoms with E-state index in [0.717, 1.165) is 36.6 Å².